The van der Waals surface area contributed by atoms with E-state index in [1.54, 1.807) is 0 Å². The van der Waals surface area contributed by atoms with Crippen molar-refractivity contribution in [3.8, 4) is 0 Å². The summed E-state index contributed by atoms with van der Waals surface area (Å²) in [6.07, 6.45) is 4.87. The zero-order valence-electron chi connectivity index (χ0n) is 11.7. The number of amides is 1. The number of nitrogens with one attached hydrogen (secondary N) is 1. The fraction of sp³-hybridized carbons (Fsp3) is 0.929. The summed E-state index contributed by atoms with van der Waals surface area (Å²) in [5, 5.41) is 4.06. The highest BCUT2D eigenvalue weighted by Crippen LogP contribution is 2.29. The molecule has 0 unspecified atom stereocenters. The topological polar surface area (TPSA) is 32.3 Å². The van der Waals surface area contributed by atoms with E-state index in [1.165, 1.54) is 25.7 Å². The largest absolute Gasteiger partial charge is 0.339 e. The van der Waals surface area contributed by atoms with Crippen molar-refractivity contribution < 1.29 is 4.79 Å². The average molecular weight is 270 g/mol. The van der Waals surface area contributed by atoms with Crippen LogP contribution in [0, 0.1) is 5.92 Å². The standard InChI is InChI=1S/C14H26N2OS/c1-11(2)9-16(12-3-4-12)14(17)10-18-13-5-7-15-8-6-13/h11-13,15H,3-10H2,1-2H3. The lowest BCUT2D eigenvalue weighted by Crippen LogP contribution is -2.38. The fourth-order valence-electron chi connectivity index (χ4n) is 2.47. The summed E-state index contributed by atoms with van der Waals surface area (Å²) in [5.74, 6) is 1.64. The van der Waals surface area contributed by atoms with E-state index in [0.29, 0.717) is 28.9 Å². The van der Waals surface area contributed by atoms with Crippen LogP contribution in [0.5, 0.6) is 0 Å². The molecule has 1 N–H and O–H groups in total. The van der Waals surface area contributed by atoms with Crippen LogP contribution in [0.25, 0.3) is 0 Å². The maximum Gasteiger partial charge on any atom is 0.232 e. The van der Waals surface area contributed by atoms with E-state index < -0.39 is 0 Å². The molecular weight excluding hydrogens is 244 g/mol. The van der Waals surface area contributed by atoms with Gasteiger partial charge in [0.25, 0.3) is 0 Å². The smallest absolute Gasteiger partial charge is 0.232 e. The summed E-state index contributed by atoms with van der Waals surface area (Å²) in [6, 6.07) is 0.563. The second-order valence-electron chi connectivity index (χ2n) is 5.93. The number of rotatable bonds is 6. The van der Waals surface area contributed by atoms with Gasteiger partial charge in [0.15, 0.2) is 0 Å². The first-order valence-corrected chi connectivity index (χ1v) is 8.33. The number of piperidine rings is 1. The van der Waals surface area contributed by atoms with Crippen LogP contribution in [0.1, 0.15) is 39.5 Å². The van der Waals surface area contributed by atoms with Crippen molar-refractivity contribution in [2.75, 3.05) is 25.4 Å². The molecule has 104 valence electrons. The van der Waals surface area contributed by atoms with E-state index in [4.69, 9.17) is 0 Å². The SMILES string of the molecule is CC(C)CN(C(=O)CSC1CCNCC1)C1CC1. The van der Waals surface area contributed by atoms with Crippen LogP contribution in [0.3, 0.4) is 0 Å². The molecule has 1 saturated carbocycles. The maximum absolute atomic E-state index is 12.3. The van der Waals surface area contributed by atoms with Crippen LogP contribution in [0.2, 0.25) is 0 Å². The third kappa shape index (κ3) is 4.47. The Morgan fingerprint density at radius 1 is 1.28 bits per heavy atom. The molecule has 3 nitrogen and oxygen atoms in total. The molecule has 1 aliphatic heterocycles. The molecule has 0 aromatic rings. The van der Waals surface area contributed by atoms with E-state index >= 15 is 0 Å². The predicted molar refractivity (Wildman–Crippen MR) is 77.9 cm³/mol. The number of carbonyl (C=O) groups is 1. The normalized spacial score (nSPS) is 21.3. The Hall–Kier alpha value is -0.220. The van der Waals surface area contributed by atoms with Crippen LogP contribution in [0.15, 0.2) is 0 Å². The van der Waals surface area contributed by atoms with Gasteiger partial charge in [-0.2, -0.15) is 0 Å². The summed E-state index contributed by atoms with van der Waals surface area (Å²) in [5.41, 5.74) is 0. The van der Waals surface area contributed by atoms with Crippen molar-refractivity contribution in [3.63, 3.8) is 0 Å². The number of hydrogen-bond acceptors (Lipinski definition) is 3. The Morgan fingerprint density at radius 2 is 1.94 bits per heavy atom. The molecule has 1 saturated heterocycles. The summed E-state index contributed by atoms with van der Waals surface area (Å²) in [6.45, 7) is 7.57. The highest BCUT2D eigenvalue weighted by Gasteiger charge is 2.32. The molecule has 2 fully saturated rings. The Labute approximate surface area is 115 Å². The summed E-state index contributed by atoms with van der Waals surface area (Å²) >= 11 is 1.87. The van der Waals surface area contributed by atoms with E-state index in [2.05, 4.69) is 24.1 Å². The van der Waals surface area contributed by atoms with Crippen LogP contribution in [0.4, 0.5) is 0 Å². The van der Waals surface area contributed by atoms with Gasteiger partial charge in [-0.3, -0.25) is 4.79 Å². The Kier molecular flexibility index (Phi) is 5.37. The van der Waals surface area contributed by atoms with Crippen molar-refractivity contribution in [1.29, 1.82) is 0 Å². The van der Waals surface area contributed by atoms with Gasteiger partial charge in [-0.05, 0) is 44.7 Å². The van der Waals surface area contributed by atoms with Crippen molar-refractivity contribution in [2.24, 2.45) is 5.92 Å². The molecule has 18 heavy (non-hydrogen) atoms. The quantitative estimate of drug-likeness (QED) is 0.802. The molecule has 0 radical (unpaired) electrons. The van der Waals surface area contributed by atoms with E-state index in [0.717, 1.165) is 19.6 Å². The highest BCUT2D eigenvalue weighted by atomic mass is 32.2. The van der Waals surface area contributed by atoms with Gasteiger partial charge in [-0.25, -0.2) is 0 Å². The number of hydrogen-bond donors (Lipinski definition) is 1. The monoisotopic (exact) mass is 270 g/mol. The molecule has 4 heteroatoms. The van der Waals surface area contributed by atoms with Crippen LogP contribution < -0.4 is 5.32 Å². The van der Waals surface area contributed by atoms with Crippen molar-refractivity contribution in [3.05, 3.63) is 0 Å². The van der Waals surface area contributed by atoms with Crippen LogP contribution >= 0.6 is 11.8 Å². The molecule has 1 aliphatic carbocycles. The van der Waals surface area contributed by atoms with Crippen molar-refractivity contribution in [1.82, 2.24) is 10.2 Å². The zero-order chi connectivity index (χ0) is 13.0. The molecule has 0 aromatic heterocycles. The Morgan fingerprint density at radius 3 is 2.50 bits per heavy atom. The van der Waals surface area contributed by atoms with Gasteiger partial charge in [-0.15, -0.1) is 11.8 Å². The fourth-order valence-corrected chi connectivity index (χ4v) is 3.58. The zero-order valence-corrected chi connectivity index (χ0v) is 12.5. The highest BCUT2D eigenvalue weighted by molar-refractivity contribution is 8.00. The molecule has 0 bridgehead atoms. The third-order valence-corrected chi connectivity index (χ3v) is 4.95. The number of thioether (sulfide) groups is 1. The van der Waals surface area contributed by atoms with Gasteiger partial charge < -0.3 is 10.2 Å². The molecule has 0 atom stereocenters. The van der Waals surface area contributed by atoms with Gasteiger partial charge in [0.1, 0.15) is 0 Å². The van der Waals surface area contributed by atoms with Gasteiger partial charge in [0.05, 0.1) is 5.75 Å². The average Bonchev–Trinajstić information content (AvgIpc) is 3.18. The van der Waals surface area contributed by atoms with Gasteiger partial charge in [-0.1, -0.05) is 13.8 Å². The van der Waals surface area contributed by atoms with Crippen molar-refractivity contribution in [2.45, 2.75) is 50.8 Å². The third-order valence-electron chi connectivity index (χ3n) is 3.60. The lowest BCUT2D eigenvalue weighted by Gasteiger charge is -2.26. The first kappa shape index (κ1) is 14.2. The van der Waals surface area contributed by atoms with E-state index in [9.17, 15) is 4.79 Å². The second kappa shape index (κ2) is 6.80. The van der Waals surface area contributed by atoms with Gasteiger partial charge in [0, 0.05) is 17.8 Å². The molecule has 0 aromatic carbocycles. The molecule has 0 spiro atoms. The molecule has 2 aliphatic rings. The first-order valence-electron chi connectivity index (χ1n) is 7.28. The van der Waals surface area contributed by atoms with E-state index in [1.807, 2.05) is 11.8 Å². The molecule has 1 heterocycles. The minimum absolute atomic E-state index is 0.370. The summed E-state index contributed by atoms with van der Waals surface area (Å²) in [7, 11) is 0. The Balaban J connectivity index is 1.74. The minimum Gasteiger partial charge on any atom is -0.339 e. The summed E-state index contributed by atoms with van der Waals surface area (Å²) in [4.78, 5) is 14.4. The number of nitrogens with zero attached hydrogens (tertiary/aromatic N) is 1. The van der Waals surface area contributed by atoms with Crippen molar-refractivity contribution >= 4 is 17.7 Å². The molecule has 2 rings (SSSR count). The Bertz CT molecular complexity index is 273. The van der Waals surface area contributed by atoms with Crippen LogP contribution in [-0.2, 0) is 4.79 Å². The first-order chi connectivity index (χ1) is 8.66. The minimum atomic E-state index is 0.370. The maximum atomic E-state index is 12.3. The molecule has 1 amide bonds. The van der Waals surface area contributed by atoms with Gasteiger partial charge >= 0.3 is 0 Å². The lowest BCUT2D eigenvalue weighted by molar-refractivity contribution is -0.129. The van der Waals surface area contributed by atoms with Crippen LogP contribution in [-0.4, -0.2) is 47.5 Å². The van der Waals surface area contributed by atoms with E-state index in [-0.39, 0.29) is 0 Å². The number of carbonyl (C=O) groups excluding carboxylic acids is 1. The second-order valence-corrected chi connectivity index (χ2v) is 7.22. The lowest BCUT2D eigenvalue weighted by atomic mass is 10.2. The summed E-state index contributed by atoms with van der Waals surface area (Å²) < 4.78 is 0. The molecular formula is C14H26N2OS. The predicted octanol–water partition coefficient (Wildman–Crippen LogP) is 2.12. The van der Waals surface area contributed by atoms with Gasteiger partial charge in [0.2, 0.25) is 5.91 Å².